The van der Waals surface area contributed by atoms with Crippen LogP contribution in [0.25, 0.3) is 0 Å². The summed E-state index contributed by atoms with van der Waals surface area (Å²) in [5, 5.41) is 12.0. The van der Waals surface area contributed by atoms with Crippen molar-refractivity contribution in [2.45, 2.75) is 26.4 Å². The number of aromatic nitrogens is 4. The predicted molar refractivity (Wildman–Crippen MR) is 125 cm³/mol. The van der Waals surface area contributed by atoms with Crippen molar-refractivity contribution in [3.63, 3.8) is 0 Å². The zero-order valence-electron chi connectivity index (χ0n) is 19.3. The van der Waals surface area contributed by atoms with E-state index in [1.54, 1.807) is 31.0 Å². The van der Waals surface area contributed by atoms with Gasteiger partial charge in [0.2, 0.25) is 5.88 Å². The number of aliphatic hydroxyl groups is 1. The third-order valence-electron chi connectivity index (χ3n) is 4.97. The number of benzene rings is 1. The number of hydrogen-bond donors (Lipinski definition) is 2. The molecule has 12 nitrogen and oxygen atoms in total. The highest BCUT2D eigenvalue weighted by atomic mass is 16.5. The number of ether oxygens (including phenoxy) is 2. The highest BCUT2D eigenvalue weighted by Gasteiger charge is 2.23. The van der Waals surface area contributed by atoms with Crippen LogP contribution in [0.3, 0.4) is 0 Å². The van der Waals surface area contributed by atoms with Crippen molar-refractivity contribution < 1.29 is 29.6 Å². The summed E-state index contributed by atoms with van der Waals surface area (Å²) in [6.07, 6.45) is 6.19. The fourth-order valence-corrected chi connectivity index (χ4v) is 3.03. The molecule has 1 atom stereocenters. The fraction of sp³-hybridized carbons (Fsp3) is 0.304. The molecule has 1 aliphatic rings. The summed E-state index contributed by atoms with van der Waals surface area (Å²) >= 11 is 0. The number of carbonyl (C=O) groups excluding carboxylic acids is 2. The third-order valence-corrected chi connectivity index (χ3v) is 4.97. The largest absolute Gasteiger partial charge is 0.488 e. The van der Waals surface area contributed by atoms with Crippen molar-refractivity contribution >= 4 is 17.6 Å². The van der Waals surface area contributed by atoms with Crippen LogP contribution in [0.4, 0.5) is 5.82 Å². The molecule has 4 rings (SSSR count). The lowest BCUT2D eigenvalue weighted by molar-refractivity contribution is 0.0645. The molecule has 1 fully saturated rings. The van der Waals surface area contributed by atoms with E-state index in [9.17, 15) is 14.7 Å². The molecule has 1 aliphatic heterocycles. The molecule has 4 N–H and O–H groups in total. The van der Waals surface area contributed by atoms with E-state index in [1.807, 2.05) is 0 Å². The van der Waals surface area contributed by atoms with Gasteiger partial charge >= 0.3 is 0 Å². The molecule has 1 saturated heterocycles. The van der Waals surface area contributed by atoms with Gasteiger partial charge in [0, 0.05) is 24.7 Å². The number of rotatable bonds is 8. The van der Waals surface area contributed by atoms with Gasteiger partial charge in [0.1, 0.15) is 23.3 Å². The minimum atomic E-state index is -0.499. The SMILES string of the molecule is Cc1cnc(NC(=O)c2cc(Oc3cnc(C(=O)N4CCC4)cn3)cc(O[C@@H](C)CO)c2)cn1.O. The maximum absolute atomic E-state index is 12.8. The highest BCUT2D eigenvalue weighted by molar-refractivity contribution is 6.04. The van der Waals surface area contributed by atoms with E-state index in [4.69, 9.17) is 9.47 Å². The monoisotopic (exact) mass is 482 g/mol. The average Bonchev–Trinajstić information content (AvgIpc) is 2.79. The third kappa shape index (κ3) is 6.46. The summed E-state index contributed by atoms with van der Waals surface area (Å²) in [6, 6.07) is 4.60. The Hall–Kier alpha value is -4.16. The number of likely N-dealkylation sites (tertiary alicyclic amines) is 1. The zero-order valence-corrected chi connectivity index (χ0v) is 19.3. The van der Waals surface area contributed by atoms with E-state index >= 15 is 0 Å². The van der Waals surface area contributed by atoms with Crippen LogP contribution >= 0.6 is 0 Å². The number of aryl methyl sites for hydroxylation is 1. The van der Waals surface area contributed by atoms with Gasteiger partial charge < -0.3 is 30.3 Å². The molecule has 2 aromatic heterocycles. The van der Waals surface area contributed by atoms with Gasteiger partial charge in [-0.25, -0.2) is 15.0 Å². The number of hydrogen-bond acceptors (Lipinski definition) is 9. The number of anilines is 1. The van der Waals surface area contributed by atoms with E-state index in [0.29, 0.717) is 11.6 Å². The summed E-state index contributed by atoms with van der Waals surface area (Å²) in [7, 11) is 0. The minimum absolute atomic E-state index is 0. The predicted octanol–water partition coefficient (Wildman–Crippen LogP) is 1.40. The van der Waals surface area contributed by atoms with E-state index in [0.717, 1.165) is 25.2 Å². The van der Waals surface area contributed by atoms with Gasteiger partial charge in [0.05, 0.1) is 37.1 Å². The Labute approximate surface area is 201 Å². The van der Waals surface area contributed by atoms with Gasteiger partial charge in [-0.1, -0.05) is 0 Å². The van der Waals surface area contributed by atoms with Gasteiger partial charge in [-0.05, 0) is 32.4 Å². The van der Waals surface area contributed by atoms with Crippen molar-refractivity contribution in [1.82, 2.24) is 24.8 Å². The summed E-state index contributed by atoms with van der Waals surface area (Å²) in [4.78, 5) is 43.3. The standard InChI is InChI=1S/C23H24N6O5.H2O/c1-14-9-26-20(11-24-14)28-22(31)16-6-17(33-15(2)13-30)8-18(7-16)34-21-12-25-19(10-27-21)23(32)29-4-3-5-29;/h6-12,15,30H,3-5,13H2,1-2H3,(H,26,28,31);1H2/t15-;/m0./s1. The zero-order chi connectivity index (χ0) is 24.1. The van der Waals surface area contributed by atoms with Crippen molar-refractivity contribution in [3.05, 3.63) is 59.9 Å². The lowest BCUT2D eigenvalue weighted by atomic mass is 10.2. The Morgan fingerprint density at radius 2 is 1.83 bits per heavy atom. The Balaban J connectivity index is 0.00000342. The van der Waals surface area contributed by atoms with E-state index in [1.165, 1.54) is 30.7 Å². The van der Waals surface area contributed by atoms with E-state index in [-0.39, 0.29) is 40.9 Å². The van der Waals surface area contributed by atoms with Gasteiger partial charge in [-0.2, -0.15) is 0 Å². The van der Waals surface area contributed by atoms with Crippen molar-refractivity contribution in [2.24, 2.45) is 0 Å². The number of amides is 2. The Kier molecular flexibility index (Phi) is 8.23. The van der Waals surface area contributed by atoms with Crippen LogP contribution in [-0.2, 0) is 0 Å². The molecule has 12 heteroatoms. The smallest absolute Gasteiger partial charge is 0.274 e. The van der Waals surface area contributed by atoms with Crippen LogP contribution in [0, 0.1) is 6.92 Å². The van der Waals surface area contributed by atoms with Crippen LogP contribution in [0.5, 0.6) is 17.4 Å². The Morgan fingerprint density at radius 1 is 1.06 bits per heavy atom. The molecular formula is C23H26N6O6. The minimum Gasteiger partial charge on any atom is -0.488 e. The summed E-state index contributed by atoms with van der Waals surface area (Å²) in [6.45, 7) is 4.72. The molecule has 0 bridgehead atoms. The number of aliphatic hydroxyl groups excluding tert-OH is 1. The van der Waals surface area contributed by atoms with Crippen molar-refractivity contribution in [1.29, 1.82) is 0 Å². The lowest BCUT2D eigenvalue weighted by Crippen LogP contribution is -2.42. The molecule has 3 heterocycles. The molecule has 0 aliphatic carbocycles. The number of carbonyl (C=O) groups is 2. The molecule has 0 radical (unpaired) electrons. The first-order valence-corrected chi connectivity index (χ1v) is 10.7. The number of nitrogens with zero attached hydrogens (tertiary/aromatic N) is 5. The van der Waals surface area contributed by atoms with Crippen LogP contribution in [0.2, 0.25) is 0 Å². The van der Waals surface area contributed by atoms with E-state index in [2.05, 4.69) is 25.3 Å². The topological polar surface area (TPSA) is 171 Å². The first kappa shape index (κ1) is 25.5. The quantitative estimate of drug-likeness (QED) is 0.481. The normalized spacial score (nSPS) is 13.2. The molecule has 0 unspecified atom stereocenters. The molecule has 3 aromatic rings. The van der Waals surface area contributed by atoms with Crippen LogP contribution in [0.1, 0.15) is 39.9 Å². The molecule has 35 heavy (non-hydrogen) atoms. The summed E-state index contributed by atoms with van der Waals surface area (Å²) in [5.41, 5.74) is 1.19. The summed E-state index contributed by atoms with van der Waals surface area (Å²) in [5.74, 6) is 0.392. The van der Waals surface area contributed by atoms with Crippen molar-refractivity contribution in [3.8, 4) is 17.4 Å². The molecule has 2 amide bonds. The highest BCUT2D eigenvalue weighted by Crippen LogP contribution is 2.28. The van der Waals surface area contributed by atoms with Gasteiger partial charge in [0.25, 0.3) is 11.8 Å². The molecule has 1 aromatic carbocycles. The molecule has 0 saturated carbocycles. The molecule has 184 valence electrons. The van der Waals surface area contributed by atoms with Crippen LogP contribution < -0.4 is 14.8 Å². The number of nitrogens with one attached hydrogen (secondary N) is 1. The van der Waals surface area contributed by atoms with Gasteiger partial charge in [-0.15, -0.1) is 0 Å². The molecular weight excluding hydrogens is 456 g/mol. The second kappa shape index (κ2) is 11.3. The average molecular weight is 482 g/mol. The van der Waals surface area contributed by atoms with Crippen molar-refractivity contribution in [2.75, 3.05) is 25.0 Å². The van der Waals surface area contributed by atoms with Crippen LogP contribution in [0.15, 0.2) is 43.0 Å². The van der Waals surface area contributed by atoms with Gasteiger partial charge in [-0.3, -0.25) is 14.6 Å². The maximum Gasteiger partial charge on any atom is 0.274 e. The van der Waals surface area contributed by atoms with Gasteiger partial charge in [0.15, 0.2) is 5.82 Å². The first-order valence-electron chi connectivity index (χ1n) is 10.7. The second-order valence-corrected chi connectivity index (χ2v) is 7.79. The maximum atomic E-state index is 12.8. The molecule has 0 spiro atoms. The summed E-state index contributed by atoms with van der Waals surface area (Å²) < 4.78 is 11.4. The lowest BCUT2D eigenvalue weighted by Gasteiger charge is -2.30. The second-order valence-electron chi connectivity index (χ2n) is 7.79. The first-order chi connectivity index (χ1) is 16.4. The fourth-order valence-electron chi connectivity index (χ4n) is 3.03. The Morgan fingerprint density at radius 3 is 2.43 bits per heavy atom. The van der Waals surface area contributed by atoms with Crippen LogP contribution in [-0.4, -0.2) is 73.0 Å². The Bertz CT molecular complexity index is 1170. The van der Waals surface area contributed by atoms with E-state index < -0.39 is 12.0 Å².